The van der Waals surface area contributed by atoms with Gasteiger partial charge in [0.1, 0.15) is 0 Å². The Morgan fingerprint density at radius 3 is 2.33 bits per heavy atom. The lowest BCUT2D eigenvalue weighted by Gasteiger charge is -2.12. The highest BCUT2D eigenvalue weighted by atomic mass is 127. The maximum Gasteiger partial charge on any atom is 0.191 e. The summed E-state index contributed by atoms with van der Waals surface area (Å²) in [6.45, 7) is 4.36. The van der Waals surface area contributed by atoms with Crippen molar-refractivity contribution in [3.05, 3.63) is 59.7 Å². The van der Waals surface area contributed by atoms with Crippen molar-refractivity contribution in [1.29, 1.82) is 0 Å². The molecule has 0 fully saturated rings. The van der Waals surface area contributed by atoms with Gasteiger partial charge in [0.05, 0.1) is 20.8 Å². The lowest BCUT2D eigenvalue weighted by Crippen LogP contribution is -2.37. The molecule has 0 aliphatic heterocycles. The van der Waals surface area contributed by atoms with Gasteiger partial charge in [-0.05, 0) is 43.0 Å². The first-order chi connectivity index (χ1) is 12.8. The van der Waals surface area contributed by atoms with Crippen molar-refractivity contribution in [3.63, 3.8) is 0 Å². The van der Waals surface area contributed by atoms with Crippen molar-refractivity contribution >= 4 is 29.9 Å². The predicted molar refractivity (Wildman–Crippen MR) is 123 cm³/mol. The van der Waals surface area contributed by atoms with Crippen molar-refractivity contribution in [1.82, 2.24) is 10.6 Å². The molecule has 2 N–H and O–H groups in total. The van der Waals surface area contributed by atoms with E-state index < -0.39 is 0 Å². The number of nitrogens with one attached hydrogen (secondary N) is 2. The molecule has 0 bridgehead atoms. The second-order valence-corrected chi connectivity index (χ2v) is 5.90. The molecule has 0 saturated carbocycles. The van der Waals surface area contributed by atoms with Crippen molar-refractivity contribution < 1.29 is 9.47 Å². The number of hydrogen-bond donors (Lipinski definition) is 2. The van der Waals surface area contributed by atoms with Gasteiger partial charge in [-0.25, -0.2) is 4.99 Å². The fourth-order valence-electron chi connectivity index (χ4n) is 2.64. The summed E-state index contributed by atoms with van der Waals surface area (Å²) >= 11 is 0. The lowest BCUT2D eigenvalue weighted by molar-refractivity contribution is 0.354. The van der Waals surface area contributed by atoms with Crippen molar-refractivity contribution in [2.45, 2.75) is 26.3 Å². The Morgan fingerprint density at radius 2 is 1.67 bits per heavy atom. The molecule has 2 aromatic rings. The van der Waals surface area contributed by atoms with Crippen LogP contribution in [0.5, 0.6) is 11.5 Å². The number of methoxy groups -OCH3 is 2. The molecule has 0 unspecified atom stereocenters. The van der Waals surface area contributed by atoms with E-state index in [1.807, 2.05) is 24.3 Å². The first-order valence-corrected chi connectivity index (χ1v) is 9.03. The van der Waals surface area contributed by atoms with Crippen LogP contribution in [0.4, 0.5) is 0 Å². The molecule has 0 saturated heterocycles. The van der Waals surface area contributed by atoms with Gasteiger partial charge in [0, 0.05) is 13.1 Å². The smallest absolute Gasteiger partial charge is 0.191 e. The number of halogens is 1. The standard InChI is InChI=1S/C21H29N3O2.HI/c1-4-22-21(23-14-8-11-17-9-6-5-7-10-17)24-16-18-12-13-19(25-2)20(15-18)26-3;/h5-7,9-10,12-13,15H,4,8,11,14,16H2,1-3H3,(H2,22,23,24);1H. The molecule has 0 spiro atoms. The van der Waals surface area contributed by atoms with E-state index in [9.17, 15) is 0 Å². The summed E-state index contributed by atoms with van der Waals surface area (Å²) < 4.78 is 10.6. The molecule has 2 aromatic carbocycles. The number of ether oxygens (including phenoxy) is 2. The summed E-state index contributed by atoms with van der Waals surface area (Å²) in [5, 5.41) is 6.68. The predicted octanol–water partition coefficient (Wildman–Crippen LogP) is 4.01. The van der Waals surface area contributed by atoms with Crippen LogP contribution in [0.1, 0.15) is 24.5 Å². The third-order valence-corrected chi connectivity index (χ3v) is 3.99. The van der Waals surface area contributed by atoms with E-state index in [1.165, 1.54) is 5.56 Å². The molecule has 148 valence electrons. The number of guanidine groups is 1. The summed E-state index contributed by atoms with van der Waals surface area (Å²) in [5.74, 6) is 2.28. The second kappa shape index (κ2) is 13.2. The summed E-state index contributed by atoms with van der Waals surface area (Å²) in [6, 6.07) is 16.4. The molecule has 0 heterocycles. The molecule has 6 heteroatoms. The topological polar surface area (TPSA) is 54.9 Å². The van der Waals surface area contributed by atoms with Gasteiger partial charge in [-0.2, -0.15) is 0 Å². The number of aryl methyl sites for hydroxylation is 1. The number of rotatable bonds is 9. The van der Waals surface area contributed by atoms with Crippen LogP contribution in [0.25, 0.3) is 0 Å². The molecule has 0 radical (unpaired) electrons. The molecular formula is C21H30IN3O2. The van der Waals surface area contributed by atoms with Crippen LogP contribution in [0.3, 0.4) is 0 Å². The summed E-state index contributed by atoms with van der Waals surface area (Å²) in [7, 11) is 3.28. The minimum absolute atomic E-state index is 0. The number of hydrogen-bond acceptors (Lipinski definition) is 3. The molecule has 27 heavy (non-hydrogen) atoms. The Bertz CT molecular complexity index is 693. The normalized spacial score (nSPS) is 10.7. The van der Waals surface area contributed by atoms with Crippen molar-refractivity contribution in [2.75, 3.05) is 27.3 Å². The van der Waals surface area contributed by atoms with Crippen LogP contribution in [0, 0.1) is 0 Å². The Labute approximate surface area is 179 Å². The average molecular weight is 483 g/mol. The van der Waals surface area contributed by atoms with Gasteiger partial charge in [0.15, 0.2) is 17.5 Å². The summed E-state index contributed by atoms with van der Waals surface area (Å²) in [6.07, 6.45) is 2.12. The fraction of sp³-hybridized carbons (Fsp3) is 0.381. The Morgan fingerprint density at radius 1 is 0.926 bits per heavy atom. The first kappa shape index (κ1) is 23.1. The first-order valence-electron chi connectivity index (χ1n) is 9.03. The average Bonchev–Trinajstić information content (AvgIpc) is 2.69. The molecule has 0 aliphatic carbocycles. The maximum atomic E-state index is 5.35. The quantitative estimate of drug-likeness (QED) is 0.245. The third kappa shape index (κ3) is 8.07. The Hall–Kier alpha value is -1.96. The molecular weight excluding hydrogens is 453 g/mol. The van der Waals surface area contributed by atoms with Crippen LogP contribution in [-0.4, -0.2) is 33.3 Å². The van der Waals surface area contributed by atoms with E-state index in [2.05, 4.69) is 46.8 Å². The van der Waals surface area contributed by atoms with Gasteiger partial charge >= 0.3 is 0 Å². The largest absolute Gasteiger partial charge is 0.493 e. The molecule has 0 atom stereocenters. The van der Waals surface area contributed by atoms with Crippen LogP contribution < -0.4 is 20.1 Å². The van der Waals surface area contributed by atoms with Crippen molar-refractivity contribution in [3.8, 4) is 11.5 Å². The molecule has 5 nitrogen and oxygen atoms in total. The lowest BCUT2D eigenvalue weighted by atomic mass is 10.1. The third-order valence-electron chi connectivity index (χ3n) is 3.99. The highest BCUT2D eigenvalue weighted by Crippen LogP contribution is 2.27. The number of benzene rings is 2. The maximum absolute atomic E-state index is 5.35. The summed E-state index contributed by atoms with van der Waals surface area (Å²) in [4.78, 5) is 4.66. The van der Waals surface area contributed by atoms with E-state index in [-0.39, 0.29) is 24.0 Å². The number of aliphatic imine (C=N–C) groups is 1. The van der Waals surface area contributed by atoms with Gasteiger partial charge in [-0.1, -0.05) is 36.4 Å². The number of nitrogens with zero attached hydrogens (tertiary/aromatic N) is 1. The monoisotopic (exact) mass is 483 g/mol. The zero-order valence-corrected chi connectivity index (χ0v) is 18.7. The Balaban J connectivity index is 0.00000364. The van der Waals surface area contributed by atoms with Gasteiger partial charge in [0.25, 0.3) is 0 Å². The van der Waals surface area contributed by atoms with E-state index in [4.69, 9.17) is 9.47 Å². The second-order valence-electron chi connectivity index (χ2n) is 5.90. The zero-order chi connectivity index (χ0) is 18.6. The highest BCUT2D eigenvalue weighted by molar-refractivity contribution is 14.0. The Kier molecular flexibility index (Phi) is 11.3. The van der Waals surface area contributed by atoms with E-state index in [0.29, 0.717) is 6.54 Å². The molecule has 2 rings (SSSR count). The van der Waals surface area contributed by atoms with Crippen LogP contribution in [0.2, 0.25) is 0 Å². The van der Waals surface area contributed by atoms with Gasteiger partial charge in [0.2, 0.25) is 0 Å². The van der Waals surface area contributed by atoms with Crippen LogP contribution in [0.15, 0.2) is 53.5 Å². The van der Waals surface area contributed by atoms with E-state index >= 15 is 0 Å². The zero-order valence-electron chi connectivity index (χ0n) is 16.3. The van der Waals surface area contributed by atoms with Gasteiger partial charge in [-0.3, -0.25) is 0 Å². The van der Waals surface area contributed by atoms with E-state index in [1.54, 1.807) is 14.2 Å². The summed E-state index contributed by atoms with van der Waals surface area (Å²) in [5.41, 5.74) is 2.44. The SMILES string of the molecule is CCNC(=NCc1ccc(OC)c(OC)c1)NCCCc1ccccc1.I. The molecule has 0 aromatic heterocycles. The van der Waals surface area contributed by atoms with E-state index in [0.717, 1.165) is 49.0 Å². The van der Waals surface area contributed by atoms with Crippen LogP contribution in [-0.2, 0) is 13.0 Å². The molecule has 0 aliphatic rings. The van der Waals surface area contributed by atoms with Crippen LogP contribution >= 0.6 is 24.0 Å². The minimum atomic E-state index is 0. The fourth-order valence-corrected chi connectivity index (χ4v) is 2.64. The highest BCUT2D eigenvalue weighted by Gasteiger charge is 2.04. The van der Waals surface area contributed by atoms with Crippen molar-refractivity contribution in [2.24, 2.45) is 4.99 Å². The van der Waals surface area contributed by atoms with Gasteiger partial charge < -0.3 is 20.1 Å². The molecule has 0 amide bonds. The van der Waals surface area contributed by atoms with Gasteiger partial charge in [-0.15, -0.1) is 24.0 Å². The minimum Gasteiger partial charge on any atom is -0.493 e.